The number of nitrogens with one attached hydrogen (secondary N) is 2. The van der Waals surface area contributed by atoms with Crippen LogP contribution in [0.5, 0.6) is 0 Å². The molecule has 0 aliphatic carbocycles. The Kier molecular flexibility index (Phi) is 7.34. The van der Waals surface area contributed by atoms with Gasteiger partial charge in [-0.1, -0.05) is 6.07 Å². The lowest BCUT2D eigenvalue weighted by Gasteiger charge is -2.30. The maximum Gasteiger partial charge on any atom is 0.251 e. The van der Waals surface area contributed by atoms with E-state index in [-0.39, 0.29) is 35.6 Å². The number of nitrogens with zero attached hydrogens (tertiary/aromatic N) is 1. The number of hydrogen-bond donors (Lipinski definition) is 2. The highest BCUT2D eigenvalue weighted by Gasteiger charge is 2.26. The molecule has 0 unspecified atom stereocenters. The smallest absolute Gasteiger partial charge is 0.251 e. The summed E-state index contributed by atoms with van der Waals surface area (Å²) in [6.07, 6.45) is 2.18. The van der Waals surface area contributed by atoms with Crippen molar-refractivity contribution < 1.29 is 26.4 Å². The number of benzene rings is 1. The van der Waals surface area contributed by atoms with Crippen LogP contribution in [0.15, 0.2) is 29.2 Å². The van der Waals surface area contributed by atoms with E-state index in [1.165, 1.54) is 41.9 Å². The van der Waals surface area contributed by atoms with Crippen LogP contribution in [0.3, 0.4) is 0 Å². The summed E-state index contributed by atoms with van der Waals surface area (Å²) in [6.45, 7) is 1.07. The number of carbonyl (C=O) groups excluding carboxylic acids is 1. The summed E-state index contributed by atoms with van der Waals surface area (Å²) in [5.74, 6) is -0.387. The molecule has 1 aliphatic heterocycles. The summed E-state index contributed by atoms with van der Waals surface area (Å²) in [4.78, 5) is 12.5. The first kappa shape index (κ1) is 21.8. The summed E-state index contributed by atoms with van der Waals surface area (Å²) in [7, 11) is -5.48. The number of piperidine rings is 1. The lowest BCUT2D eigenvalue weighted by atomic mass is 10.1. The molecule has 2 N–H and O–H groups in total. The topological polar surface area (TPSA) is 122 Å². The molecule has 152 valence electrons. The lowest BCUT2D eigenvalue weighted by molar-refractivity contribution is 0.0923. The Bertz CT molecular complexity index is 862. The maximum absolute atomic E-state index is 12.5. The van der Waals surface area contributed by atoms with Crippen molar-refractivity contribution in [3.05, 3.63) is 29.8 Å². The number of hydrogen-bond acceptors (Lipinski definition) is 6. The van der Waals surface area contributed by atoms with Gasteiger partial charge in [-0.25, -0.2) is 25.9 Å². The monoisotopic (exact) mass is 419 g/mol. The molecule has 1 fully saturated rings. The molecule has 1 saturated heterocycles. The maximum atomic E-state index is 12.5. The fourth-order valence-electron chi connectivity index (χ4n) is 2.77. The van der Waals surface area contributed by atoms with Gasteiger partial charge in [0.25, 0.3) is 5.91 Å². The van der Waals surface area contributed by atoms with Gasteiger partial charge in [0.1, 0.15) is 0 Å². The van der Waals surface area contributed by atoms with Crippen LogP contribution in [-0.2, 0) is 24.8 Å². The van der Waals surface area contributed by atoms with Crippen molar-refractivity contribution in [3.63, 3.8) is 0 Å². The molecule has 1 amide bonds. The Balaban J connectivity index is 2.00. The predicted molar refractivity (Wildman–Crippen MR) is 100 cm³/mol. The molecule has 2 rings (SSSR count). The van der Waals surface area contributed by atoms with Crippen molar-refractivity contribution in [2.24, 2.45) is 0 Å². The van der Waals surface area contributed by atoms with Crippen LogP contribution in [0, 0.1) is 0 Å². The predicted octanol–water partition coefficient (Wildman–Crippen LogP) is -0.235. The first-order chi connectivity index (χ1) is 12.6. The Hall–Kier alpha value is -1.53. The molecular formula is C16H25N3O6S2. The first-order valence-corrected chi connectivity index (χ1v) is 11.8. The van der Waals surface area contributed by atoms with Crippen molar-refractivity contribution >= 4 is 26.0 Å². The highest BCUT2D eigenvalue weighted by molar-refractivity contribution is 7.89. The summed E-state index contributed by atoms with van der Waals surface area (Å²) < 4.78 is 56.1. The molecule has 9 nitrogen and oxygen atoms in total. The number of rotatable bonds is 8. The van der Waals surface area contributed by atoms with E-state index >= 15 is 0 Å². The van der Waals surface area contributed by atoms with Crippen molar-refractivity contribution in [3.8, 4) is 0 Å². The quantitative estimate of drug-likeness (QED) is 0.561. The Labute approximate surface area is 160 Å². The van der Waals surface area contributed by atoms with Gasteiger partial charge in [-0.15, -0.1) is 0 Å². The van der Waals surface area contributed by atoms with Gasteiger partial charge in [0.15, 0.2) is 0 Å². The minimum atomic E-state index is -3.73. The molecular weight excluding hydrogens is 394 g/mol. The average Bonchev–Trinajstić information content (AvgIpc) is 2.61. The van der Waals surface area contributed by atoms with Crippen LogP contribution < -0.4 is 10.0 Å². The third kappa shape index (κ3) is 6.25. The van der Waals surface area contributed by atoms with Gasteiger partial charge in [0.05, 0.1) is 17.8 Å². The Morgan fingerprint density at radius 2 is 1.89 bits per heavy atom. The lowest BCUT2D eigenvalue weighted by Crippen LogP contribution is -2.46. The van der Waals surface area contributed by atoms with Crippen LogP contribution in [0.4, 0.5) is 0 Å². The molecule has 0 radical (unpaired) electrons. The molecule has 0 bridgehead atoms. The van der Waals surface area contributed by atoms with E-state index in [1.54, 1.807) is 0 Å². The van der Waals surface area contributed by atoms with E-state index in [9.17, 15) is 21.6 Å². The van der Waals surface area contributed by atoms with Gasteiger partial charge in [0, 0.05) is 38.3 Å². The molecule has 1 aromatic rings. The molecule has 0 aromatic heterocycles. The van der Waals surface area contributed by atoms with E-state index in [2.05, 4.69) is 10.0 Å². The van der Waals surface area contributed by atoms with Crippen LogP contribution in [0.1, 0.15) is 23.2 Å². The van der Waals surface area contributed by atoms with Gasteiger partial charge >= 0.3 is 0 Å². The zero-order valence-corrected chi connectivity index (χ0v) is 17.0. The molecule has 0 saturated carbocycles. The van der Waals surface area contributed by atoms with Crippen LogP contribution in [0.2, 0.25) is 0 Å². The molecule has 1 aromatic carbocycles. The minimum absolute atomic E-state index is 0.00171. The fraction of sp³-hybridized carbons (Fsp3) is 0.562. The molecule has 1 aliphatic rings. The minimum Gasteiger partial charge on any atom is -0.383 e. The van der Waals surface area contributed by atoms with E-state index in [0.29, 0.717) is 25.9 Å². The summed E-state index contributed by atoms with van der Waals surface area (Å²) in [5, 5.41) is 2.84. The van der Waals surface area contributed by atoms with Gasteiger partial charge in [-0.2, -0.15) is 0 Å². The van der Waals surface area contributed by atoms with Crippen LogP contribution in [0.25, 0.3) is 0 Å². The second kappa shape index (κ2) is 9.11. The highest BCUT2D eigenvalue weighted by atomic mass is 32.2. The van der Waals surface area contributed by atoms with Crippen molar-refractivity contribution in [2.45, 2.75) is 23.8 Å². The van der Waals surface area contributed by atoms with Crippen LogP contribution >= 0.6 is 0 Å². The van der Waals surface area contributed by atoms with Gasteiger partial charge in [-0.3, -0.25) is 4.79 Å². The average molecular weight is 420 g/mol. The second-order valence-corrected chi connectivity index (χ2v) is 10.1. The van der Waals surface area contributed by atoms with Crippen molar-refractivity contribution in [1.29, 1.82) is 0 Å². The SMILES string of the molecule is COCCNS(=O)(=O)c1cccc(C(=O)NC2CCN(S(C)(=O)=O)CC2)c1. The van der Waals surface area contributed by atoms with Crippen molar-refractivity contribution in [1.82, 2.24) is 14.3 Å². The molecule has 0 spiro atoms. The molecule has 0 atom stereocenters. The number of ether oxygens (including phenoxy) is 1. The summed E-state index contributed by atoms with van der Waals surface area (Å²) in [5.41, 5.74) is 0.232. The normalized spacial score (nSPS) is 17.0. The van der Waals surface area contributed by atoms with Gasteiger partial charge < -0.3 is 10.1 Å². The Morgan fingerprint density at radius 3 is 2.48 bits per heavy atom. The number of sulfonamides is 2. The zero-order chi connectivity index (χ0) is 20.1. The van der Waals surface area contributed by atoms with Crippen LogP contribution in [-0.4, -0.2) is 72.7 Å². The first-order valence-electron chi connectivity index (χ1n) is 8.48. The third-order valence-corrected chi connectivity index (χ3v) is 7.02. The van der Waals surface area contributed by atoms with E-state index < -0.39 is 20.0 Å². The standard InChI is InChI=1S/C16H25N3O6S2/c1-25-11-8-17-27(23,24)15-5-3-4-13(12-15)16(20)18-14-6-9-19(10-7-14)26(2,21)22/h3-5,12,14,17H,6-11H2,1-2H3,(H,18,20). The molecule has 1 heterocycles. The van der Waals surface area contributed by atoms with Crippen molar-refractivity contribution in [2.75, 3.05) is 39.6 Å². The van der Waals surface area contributed by atoms with E-state index in [4.69, 9.17) is 4.74 Å². The summed E-state index contributed by atoms with van der Waals surface area (Å²) in [6, 6.07) is 5.61. The zero-order valence-electron chi connectivity index (χ0n) is 15.3. The fourth-order valence-corrected chi connectivity index (χ4v) is 4.70. The largest absolute Gasteiger partial charge is 0.383 e. The van der Waals surface area contributed by atoms with E-state index in [0.717, 1.165) is 0 Å². The second-order valence-electron chi connectivity index (χ2n) is 6.33. The Morgan fingerprint density at radius 1 is 1.22 bits per heavy atom. The van der Waals surface area contributed by atoms with Gasteiger partial charge in [-0.05, 0) is 31.0 Å². The molecule has 11 heteroatoms. The number of carbonyl (C=O) groups is 1. The summed E-state index contributed by atoms with van der Waals surface area (Å²) >= 11 is 0. The highest BCUT2D eigenvalue weighted by Crippen LogP contribution is 2.15. The molecule has 27 heavy (non-hydrogen) atoms. The number of amides is 1. The van der Waals surface area contributed by atoms with Gasteiger partial charge in [0.2, 0.25) is 20.0 Å². The number of methoxy groups -OCH3 is 1. The third-order valence-electron chi connectivity index (χ3n) is 4.26. The van der Waals surface area contributed by atoms with E-state index in [1.807, 2.05) is 0 Å².